The van der Waals surface area contributed by atoms with Crippen molar-refractivity contribution >= 4 is 41.6 Å². The molecule has 0 aromatic heterocycles. The number of carbonyl (C=O) groups excluding carboxylic acids is 1. The van der Waals surface area contributed by atoms with E-state index in [9.17, 15) is 13.2 Å². The number of halogens is 2. The lowest BCUT2D eigenvalue weighted by molar-refractivity contribution is 0.0176. The van der Waals surface area contributed by atoms with E-state index in [1.165, 1.54) is 12.1 Å². The molecule has 0 bridgehead atoms. The zero-order valence-corrected chi connectivity index (χ0v) is 14.1. The predicted molar refractivity (Wildman–Crippen MR) is 78.6 cm³/mol. The zero-order valence-electron chi connectivity index (χ0n) is 10.9. The summed E-state index contributed by atoms with van der Waals surface area (Å²) in [6.07, 6.45) is 0.0503. The van der Waals surface area contributed by atoms with Gasteiger partial charge < -0.3 is 9.47 Å². The van der Waals surface area contributed by atoms with Crippen LogP contribution in [0, 0.1) is 0 Å². The standard InChI is InChI=1S/C12H14BrClO5S/c1-8(2)18-5-6-19-12(15)9-3-4-10(13)11(7-9)20(14,16)17/h3-4,7-8H,5-6H2,1-2H3. The first kappa shape index (κ1) is 17.4. The third kappa shape index (κ3) is 5.40. The number of carbonyl (C=O) groups is 1. The lowest BCUT2D eigenvalue weighted by atomic mass is 10.2. The highest BCUT2D eigenvalue weighted by molar-refractivity contribution is 9.10. The van der Waals surface area contributed by atoms with Crippen LogP contribution in [0.2, 0.25) is 0 Å². The van der Waals surface area contributed by atoms with E-state index in [2.05, 4.69) is 15.9 Å². The summed E-state index contributed by atoms with van der Waals surface area (Å²) in [4.78, 5) is 11.6. The Morgan fingerprint density at radius 3 is 2.55 bits per heavy atom. The molecule has 0 fully saturated rings. The van der Waals surface area contributed by atoms with Gasteiger partial charge in [0.25, 0.3) is 9.05 Å². The number of hydrogen-bond donors (Lipinski definition) is 0. The van der Waals surface area contributed by atoms with E-state index in [-0.39, 0.29) is 34.2 Å². The maximum absolute atomic E-state index is 11.7. The van der Waals surface area contributed by atoms with Crippen molar-refractivity contribution in [1.29, 1.82) is 0 Å². The molecule has 1 aromatic carbocycles. The third-order valence-corrected chi connectivity index (χ3v) is 4.51. The van der Waals surface area contributed by atoms with Crippen molar-refractivity contribution in [3.05, 3.63) is 28.2 Å². The average molecular weight is 386 g/mol. The molecule has 1 aromatic rings. The highest BCUT2D eigenvalue weighted by Crippen LogP contribution is 2.26. The summed E-state index contributed by atoms with van der Waals surface area (Å²) in [6, 6.07) is 4.04. The smallest absolute Gasteiger partial charge is 0.338 e. The number of ether oxygens (including phenoxy) is 2. The van der Waals surface area contributed by atoms with Crippen molar-refractivity contribution in [2.45, 2.75) is 24.8 Å². The van der Waals surface area contributed by atoms with Crippen LogP contribution in [0.15, 0.2) is 27.6 Å². The highest BCUT2D eigenvalue weighted by atomic mass is 79.9. The molecule has 0 spiro atoms. The second-order valence-electron chi connectivity index (χ2n) is 4.14. The van der Waals surface area contributed by atoms with Crippen LogP contribution in [0.4, 0.5) is 0 Å². The molecule has 0 saturated heterocycles. The van der Waals surface area contributed by atoms with E-state index in [0.29, 0.717) is 0 Å². The van der Waals surface area contributed by atoms with Gasteiger partial charge in [-0.25, -0.2) is 13.2 Å². The molecule has 8 heteroatoms. The Kier molecular flexibility index (Phi) is 6.44. The van der Waals surface area contributed by atoms with Gasteiger partial charge in [-0.2, -0.15) is 0 Å². The Balaban J connectivity index is 2.75. The summed E-state index contributed by atoms with van der Waals surface area (Å²) in [5, 5.41) is 0. The molecule has 0 saturated carbocycles. The molecule has 0 atom stereocenters. The van der Waals surface area contributed by atoms with Crippen molar-refractivity contribution in [1.82, 2.24) is 0 Å². The van der Waals surface area contributed by atoms with E-state index >= 15 is 0 Å². The molecule has 20 heavy (non-hydrogen) atoms. The van der Waals surface area contributed by atoms with Gasteiger partial charge in [0.2, 0.25) is 0 Å². The topological polar surface area (TPSA) is 69.7 Å². The monoisotopic (exact) mass is 384 g/mol. The molecular formula is C12H14BrClO5S. The SMILES string of the molecule is CC(C)OCCOC(=O)c1ccc(Br)c(S(=O)(=O)Cl)c1. The molecule has 0 aliphatic carbocycles. The van der Waals surface area contributed by atoms with Crippen LogP contribution < -0.4 is 0 Å². The lowest BCUT2D eigenvalue weighted by Crippen LogP contribution is -2.13. The molecule has 0 heterocycles. The van der Waals surface area contributed by atoms with Gasteiger partial charge in [-0.3, -0.25) is 0 Å². The Morgan fingerprint density at radius 1 is 1.35 bits per heavy atom. The van der Waals surface area contributed by atoms with Gasteiger partial charge >= 0.3 is 5.97 Å². The first-order valence-corrected chi connectivity index (χ1v) is 8.85. The minimum atomic E-state index is -3.93. The summed E-state index contributed by atoms with van der Waals surface area (Å²) in [5.74, 6) is -0.633. The summed E-state index contributed by atoms with van der Waals surface area (Å²) in [7, 11) is 1.34. The second-order valence-corrected chi connectivity index (χ2v) is 7.53. The van der Waals surface area contributed by atoms with Gasteiger partial charge in [-0.05, 0) is 48.0 Å². The van der Waals surface area contributed by atoms with E-state index in [4.69, 9.17) is 20.2 Å². The van der Waals surface area contributed by atoms with E-state index in [1.807, 2.05) is 13.8 Å². The van der Waals surface area contributed by atoms with Gasteiger partial charge in [0.15, 0.2) is 0 Å². The Hall–Kier alpha value is -0.630. The number of benzene rings is 1. The molecule has 112 valence electrons. The van der Waals surface area contributed by atoms with Crippen molar-refractivity contribution in [2.75, 3.05) is 13.2 Å². The van der Waals surface area contributed by atoms with Gasteiger partial charge in [0.1, 0.15) is 6.61 Å². The van der Waals surface area contributed by atoms with Crippen LogP contribution in [0.3, 0.4) is 0 Å². The number of rotatable bonds is 6. The fourth-order valence-electron chi connectivity index (χ4n) is 1.32. The van der Waals surface area contributed by atoms with E-state index in [1.54, 1.807) is 0 Å². The van der Waals surface area contributed by atoms with Crippen LogP contribution in [-0.2, 0) is 18.5 Å². The molecule has 0 N–H and O–H groups in total. The van der Waals surface area contributed by atoms with Crippen LogP contribution in [0.5, 0.6) is 0 Å². The maximum atomic E-state index is 11.7. The van der Waals surface area contributed by atoms with Crippen LogP contribution in [0.25, 0.3) is 0 Å². The van der Waals surface area contributed by atoms with Crippen molar-refractivity contribution < 1.29 is 22.7 Å². The van der Waals surface area contributed by atoms with Crippen LogP contribution in [0.1, 0.15) is 24.2 Å². The molecule has 1 rings (SSSR count). The molecule has 0 radical (unpaired) electrons. The summed E-state index contributed by atoms with van der Waals surface area (Å²) < 4.78 is 33.1. The minimum absolute atomic E-state index is 0.0503. The molecule has 0 unspecified atom stereocenters. The Bertz CT molecular complexity index is 586. The van der Waals surface area contributed by atoms with Crippen molar-refractivity contribution in [3.63, 3.8) is 0 Å². The van der Waals surface area contributed by atoms with Gasteiger partial charge in [0.05, 0.1) is 23.2 Å². The van der Waals surface area contributed by atoms with E-state index < -0.39 is 15.0 Å². The fourth-order valence-corrected chi connectivity index (χ4v) is 3.44. The second kappa shape index (κ2) is 7.40. The summed E-state index contributed by atoms with van der Waals surface area (Å²) >= 11 is 3.06. The molecular weight excluding hydrogens is 372 g/mol. The Labute approximate surface area is 130 Å². The minimum Gasteiger partial charge on any atom is -0.460 e. The normalized spacial score (nSPS) is 11.7. The van der Waals surface area contributed by atoms with Crippen LogP contribution in [-0.4, -0.2) is 33.7 Å². The highest BCUT2D eigenvalue weighted by Gasteiger charge is 2.18. The molecule has 0 amide bonds. The fraction of sp³-hybridized carbons (Fsp3) is 0.417. The van der Waals surface area contributed by atoms with Gasteiger partial charge in [0, 0.05) is 15.2 Å². The first-order valence-electron chi connectivity index (χ1n) is 5.74. The summed E-state index contributed by atoms with van der Waals surface area (Å²) in [6.45, 7) is 4.11. The zero-order chi connectivity index (χ0) is 15.3. The Morgan fingerprint density at radius 2 is 2.00 bits per heavy atom. The first-order chi connectivity index (χ1) is 9.21. The summed E-state index contributed by atoms with van der Waals surface area (Å²) in [5.41, 5.74) is 0.108. The number of esters is 1. The average Bonchev–Trinajstić information content (AvgIpc) is 2.33. The maximum Gasteiger partial charge on any atom is 0.338 e. The molecule has 5 nitrogen and oxygen atoms in total. The predicted octanol–water partition coefficient (Wildman–Crippen LogP) is 2.96. The quantitative estimate of drug-likeness (QED) is 0.428. The number of hydrogen-bond acceptors (Lipinski definition) is 5. The van der Waals surface area contributed by atoms with E-state index in [0.717, 1.165) is 6.07 Å². The van der Waals surface area contributed by atoms with Crippen molar-refractivity contribution in [3.8, 4) is 0 Å². The third-order valence-electron chi connectivity index (χ3n) is 2.20. The molecule has 0 aliphatic rings. The lowest BCUT2D eigenvalue weighted by Gasteiger charge is -2.09. The molecule has 0 aliphatic heterocycles. The largest absolute Gasteiger partial charge is 0.460 e. The van der Waals surface area contributed by atoms with Crippen molar-refractivity contribution in [2.24, 2.45) is 0 Å². The van der Waals surface area contributed by atoms with Crippen LogP contribution >= 0.6 is 26.6 Å². The van der Waals surface area contributed by atoms with Gasteiger partial charge in [-0.1, -0.05) is 0 Å². The van der Waals surface area contributed by atoms with Gasteiger partial charge in [-0.15, -0.1) is 0 Å².